The molecule has 2 aliphatic heterocycles. The molecule has 0 saturated carbocycles. The molecule has 3 rings (SSSR count). The predicted octanol–water partition coefficient (Wildman–Crippen LogP) is 1.52. The Morgan fingerprint density at radius 2 is 2.20 bits per heavy atom. The van der Waals surface area contributed by atoms with Gasteiger partial charge in [-0.1, -0.05) is 18.2 Å². The first kappa shape index (κ1) is 8.77. The zero-order valence-corrected chi connectivity index (χ0v) is 8.39. The summed E-state index contributed by atoms with van der Waals surface area (Å²) >= 11 is 0. The number of rotatable bonds is 1. The molecule has 2 heterocycles. The number of hydrogen-bond acceptors (Lipinski definition) is 2. The summed E-state index contributed by atoms with van der Waals surface area (Å²) in [6, 6.07) is 8.73. The first-order valence-corrected chi connectivity index (χ1v) is 5.33. The fourth-order valence-electron chi connectivity index (χ4n) is 2.80. The second-order valence-corrected chi connectivity index (χ2v) is 4.41. The van der Waals surface area contributed by atoms with Crippen LogP contribution in [0.25, 0.3) is 0 Å². The van der Waals surface area contributed by atoms with E-state index in [0.717, 1.165) is 12.8 Å². The molecular formula is C12H13NO2. The highest BCUT2D eigenvalue weighted by Gasteiger charge is 2.40. The number of aliphatic carboxylic acids is 1. The molecule has 15 heavy (non-hydrogen) atoms. The van der Waals surface area contributed by atoms with E-state index in [4.69, 9.17) is 5.11 Å². The van der Waals surface area contributed by atoms with Gasteiger partial charge in [-0.25, -0.2) is 0 Å². The lowest BCUT2D eigenvalue weighted by Gasteiger charge is -2.18. The molecule has 1 aromatic carbocycles. The number of hydrogen-bond donors (Lipinski definition) is 1. The van der Waals surface area contributed by atoms with Gasteiger partial charge in [0.25, 0.3) is 0 Å². The highest BCUT2D eigenvalue weighted by atomic mass is 16.4. The molecule has 78 valence electrons. The van der Waals surface area contributed by atoms with Crippen LogP contribution in [-0.2, 0) is 11.2 Å². The third-order valence-corrected chi connectivity index (χ3v) is 3.52. The number of carboxylic acids is 1. The molecule has 1 fully saturated rings. The Labute approximate surface area is 88.3 Å². The summed E-state index contributed by atoms with van der Waals surface area (Å²) in [6.07, 6.45) is 1.81. The van der Waals surface area contributed by atoms with Crippen molar-refractivity contribution in [3.8, 4) is 0 Å². The molecule has 0 spiro atoms. The van der Waals surface area contributed by atoms with Gasteiger partial charge in [0.05, 0.1) is 5.92 Å². The van der Waals surface area contributed by atoms with E-state index in [0.29, 0.717) is 12.6 Å². The van der Waals surface area contributed by atoms with Gasteiger partial charge in [-0.05, 0) is 24.5 Å². The Hall–Kier alpha value is -1.51. The maximum Gasteiger partial charge on any atom is 0.308 e. The Kier molecular flexibility index (Phi) is 1.75. The van der Waals surface area contributed by atoms with Crippen molar-refractivity contribution in [3.63, 3.8) is 0 Å². The van der Waals surface area contributed by atoms with Crippen LogP contribution in [0.1, 0.15) is 12.0 Å². The lowest BCUT2D eigenvalue weighted by Crippen LogP contribution is -2.25. The fourth-order valence-corrected chi connectivity index (χ4v) is 2.80. The van der Waals surface area contributed by atoms with Crippen molar-refractivity contribution in [2.45, 2.75) is 18.9 Å². The molecular weight excluding hydrogens is 190 g/mol. The molecule has 3 heteroatoms. The molecule has 1 N–H and O–H groups in total. The summed E-state index contributed by atoms with van der Waals surface area (Å²) in [5.74, 6) is -0.828. The van der Waals surface area contributed by atoms with Crippen LogP contribution in [0.3, 0.4) is 0 Å². The van der Waals surface area contributed by atoms with Crippen LogP contribution in [0.5, 0.6) is 0 Å². The fraction of sp³-hybridized carbons (Fsp3) is 0.417. The minimum atomic E-state index is -0.651. The Morgan fingerprint density at radius 3 is 3.00 bits per heavy atom. The summed E-state index contributed by atoms with van der Waals surface area (Å²) in [4.78, 5) is 13.2. The van der Waals surface area contributed by atoms with E-state index in [9.17, 15) is 4.79 Å². The minimum absolute atomic E-state index is 0.177. The highest BCUT2D eigenvalue weighted by molar-refractivity contribution is 5.73. The summed E-state index contributed by atoms with van der Waals surface area (Å²) in [6.45, 7) is 0.678. The van der Waals surface area contributed by atoms with Crippen molar-refractivity contribution in [1.82, 2.24) is 0 Å². The lowest BCUT2D eigenvalue weighted by molar-refractivity contribution is -0.141. The van der Waals surface area contributed by atoms with Gasteiger partial charge in [0.1, 0.15) is 0 Å². The standard InChI is InChI=1S/C12H13NO2/c14-12(15)9-6-10-5-8-3-1-2-4-11(8)13(10)7-9/h1-4,9-10H,5-7H2,(H,14,15). The molecule has 0 aromatic heterocycles. The van der Waals surface area contributed by atoms with Crippen molar-refractivity contribution >= 4 is 11.7 Å². The third kappa shape index (κ3) is 1.23. The van der Waals surface area contributed by atoms with Gasteiger partial charge in [-0.15, -0.1) is 0 Å². The molecule has 3 nitrogen and oxygen atoms in total. The van der Waals surface area contributed by atoms with E-state index in [1.54, 1.807) is 0 Å². The number of anilines is 1. The number of carboxylic acid groups (broad SMARTS) is 1. The van der Waals surface area contributed by atoms with Crippen LogP contribution in [0.15, 0.2) is 24.3 Å². The van der Waals surface area contributed by atoms with Crippen molar-refractivity contribution in [2.75, 3.05) is 11.4 Å². The van der Waals surface area contributed by atoms with E-state index < -0.39 is 5.97 Å². The summed E-state index contributed by atoms with van der Waals surface area (Å²) < 4.78 is 0. The zero-order chi connectivity index (χ0) is 10.4. The highest BCUT2D eigenvalue weighted by Crippen LogP contribution is 2.39. The van der Waals surface area contributed by atoms with E-state index in [1.807, 2.05) is 6.07 Å². The van der Waals surface area contributed by atoms with E-state index >= 15 is 0 Å². The number of carbonyl (C=O) groups is 1. The maximum atomic E-state index is 10.9. The Bertz CT molecular complexity index is 416. The second kappa shape index (κ2) is 2.99. The van der Waals surface area contributed by atoms with Gasteiger partial charge in [0, 0.05) is 18.3 Å². The Balaban J connectivity index is 1.91. The summed E-state index contributed by atoms with van der Waals surface area (Å²) in [5.41, 5.74) is 2.61. The van der Waals surface area contributed by atoms with Crippen molar-refractivity contribution in [3.05, 3.63) is 29.8 Å². The zero-order valence-electron chi connectivity index (χ0n) is 8.39. The van der Waals surface area contributed by atoms with Crippen LogP contribution in [0.2, 0.25) is 0 Å². The first-order chi connectivity index (χ1) is 7.25. The molecule has 2 aliphatic rings. The minimum Gasteiger partial charge on any atom is -0.481 e. The Morgan fingerprint density at radius 1 is 1.40 bits per heavy atom. The molecule has 0 bridgehead atoms. The van der Waals surface area contributed by atoms with Gasteiger partial charge in [0.15, 0.2) is 0 Å². The van der Waals surface area contributed by atoms with Crippen LogP contribution >= 0.6 is 0 Å². The van der Waals surface area contributed by atoms with Crippen LogP contribution in [0, 0.1) is 5.92 Å². The largest absolute Gasteiger partial charge is 0.481 e. The van der Waals surface area contributed by atoms with Crippen LogP contribution in [0.4, 0.5) is 5.69 Å². The lowest BCUT2D eigenvalue weighted by atomic mass is 10.0. The van der Waals surface area contributed by atoms with E-state index in [-0.39, 0.29) is 5.92 Å². The van der Waals surface area contributed by atoms with Gasteiger partial charge in [-0.2, -0.15) is 0 Å². The van der Waals surface area contributed by atoms with E-state index in [2.05, 4.69) is 23.1 Å². The van der Waals surface area contributed by atoms with E-state index in [1.165, 1.54) is 11.3 Å². The first-order valence-electron chi connectivity index (χ1n) is 5.33. The number of fused-ring (bicyclic) bond motifs is 3. The van der Waals surface area contributed by atoms with Crippen molar-refractivity contribution < 1.29 is 9.90 Å². The molecule has 1 aromatic rings. The number of benzene rings is 1. The third-order valence-electron chi connectivity index (χ3n) is 3.52. The molecule has 1 saturated heterocycles. The topological polar surface area (TPSA) is 40.5 Å². The monoisotopic (exact) mass is 203 g/mol. The smallest absolute Gasteiger partial charge is 0.308 e. The van der Waals surface area contributed by atoms with Gasteiger partial charge in [0.2, 0.25) is 0 Å². The summed E-state index contributed by atoms with van der Waals surface area (Å²) in [7, 11) is 0. The van der Waals surface area contributed by atoms with Crippen molar-refractivity contribution in [2.24, 2.45) is 5.92 Å². The quantitative estimate of drug-likeness (QED) is 0.752. The normalized spacial score (nSPS) is 27.6. The number of para-hydroxylation sites is 1. The molecule has 2 unspecified atom stereocenters. The predicted molar refractivity (Wildman–Crippen MR) is 57.0 cm³/mol. The van der Waals surface area contributed by atoms with Gasteiger partial charge < -0.3 is 10.0 Å². The van der Waals surface area contributed by atoms with Gasteiger partial charge in [-0.3, -0.25) is 4.79 Å². The average molecular weight is 203 g/mol. The molecule has 2 atom stereocenters. The summed E-state index contributed by atoms with van der Waals surface area (Å²) in [5, 5.41) is 8.99. The average Bonchev–Trinajstić information content (AvgIpc) is 2.73. The maximum absolute atomic E-state index is 10.9. The van der Waals surface area contributed by atoms with Crippen molar-refractivity contribution in [1.29, 1.82) is 0 Å². The van der Waals surface area contributed by atoms with Crippen LogP contribution in [-0.4, -0.2) is 23.7 Å². The number of nitrogens with zero attached hydrogens (tertiary/aromatic N) is 1. The van der Waals surface area contributed by atoms with Crippen LogP contribution < -0.4 is 4.90 Å². The van der Waals surface area contributed by atoms with Gasteiger partial charge >= 0.3 is 5.97 Å². The molecule has 0 aliphatic carbocycles. The molecule has 0 amide bonds. The second-order valence-electron chi connectivity index (χ2n) is 4.41. The SMILES string of the molecule is O=C(O)C1CC2Cc3ccccc3N2C1. The molecule has 0 radical (unpaired) electrons.